The minimum atomic E-state index is -1.35. The third-order valence-electron chi connectivity index (χ3n) is 2.66. The van der Waals surface area contributed by atoms with Crippen LogP contribution >= 0.6 is 11.8 Å². The summed E-state index contributed by atoms with van der Waals surface area (Å²) in [7, 11) is 0. The first kappa shape index (κ1) is 15.7. The molecule has 1 N–H and O–H groups in total. The van der Waals surface area contributed by atoms with Gasteiger partial charge in [-0.15, -0.1) is 11.8 Å². The molecule has 7 heteroatoms. The summed E-state index contributed by atoms with van der Waals surface area (Å²) in [4.78, 5) is 32.7. The van der Waals surface area contributed by atoms with Crippen LogP contribution in [0, 0.1) is 17.2 Å². The lowest BCUT2D eigenvalue weighted by molar-refractivity contribution is -0.127. The number of rotatable bonds is 6. The van der Waals surface area contributed by atoms with E-state index in [4.69, 9.17) is 5.26 Å². The number of amides is 1. The van der Waals surface area contributed by atoms with Crippen molar-refractivity contribution in [1.29, 1.82) is 5.26 Å². The number of pyridine rings is 2. The summed E-state index contributed by atoms with van der Waals surface area (Å²) in [6.07, 6.45) is 4.74. The molecule has 0 bridgehead atoms. The summed E-state index contributed by atoms with van der Waals surface area (Å²) in [6.45, 7) is 0. The second-order valence-electron chi connectivity index (χ2n) is 4.20. The van der Waals surface area contributed by atoms with Crippen molar-refractivity contribution in [2.24, 2.45) is 5.92 Å². The van der Waals surface area contributed by atoms with Crippen LogP contribution in [-0.4, -0.2) is 27.4 Å². The zero-order chi connectivity index (χ0) is 15.8. The number of anilines is 1. The molecule has 1 amide bonds. The number of nitriles is 1. The van der Waals surface area contributed by atoms with Gasteiger partial charge in [-0.1, -0.05) is 6.07 Å². The lowest BCUT2D eigenvalue weighted by Crippen LogP contribution is -2.30. The Bertz CT molecular complexity index is 686. The SMILES string of the molecule is N#C[C@@H](C(=O)CSc1ccncc1)C(=O)Nc1ccccn1. The van der Waals surface area contributed by atoms with Gasteiger partial charge in [-0.25, -0.2) is 4.98 Å². The van der Waals surface area contributed by atoms with Crippen LogP contribution in [0.25, 0.3) is 0 Å². The number of nitrogens with one attached hydrogen (secondary N) is 1. The third-order valence-corrected chi connectivity index (χ3v) is 3.69. The minimum absolute atomic E-state index is 0.0396. The van der Waals surface area contributed by atoms with Crippen LogP contribution in [0.5, 0.6) is 0 Å². The van der Waals surface area contributed by atoms with Crippen molar-refractivity contribution in [1.82, 2.24) is 9.97 Å². The number of Topliss-reactive ketones (excluding diaryl/α,β-unsaturated/α-hetero) is 1. The van der Waals surface area contributed by atoms with Gasteiger partial charge in [0, 0.05) is 23.5 Å². The van der Waals surface area contributed by atoms with Crippen molar-refractivity contribution < 1.29 is 9.59 Å². The molecule has 110 valence electrons. The maximum atomic E-state index is 12.0. The van der Waals surface area contributed by atoms with Crippen molar-refractivity contribution in [2.45, 2.75) is 4.90 Å². The normalized spacial score (nSPS) is 11.2. The molecule has 6 nitrogen and oxygen atoms in total. The van der Waals surface area contributed by atoms with Gasteiger partial charge in [0.1, 0.15) is 5.82 Å². The van der Waals surface area contributed by atoms with E-state index in [1.807, 2.05) is 0 Å². The van der Waals surface area contributed by atoms with Gasteiger partial charge in [-0.05, 0) is 24.3 Å². The van der Waals surface area contributed by atoms with Crippen LogP contribution in [0.1, 0.15) is 0 Å². The molecule has 0 aliphatic rings. The molecule has 2 aromatic rings. The Kier molecular flexibility index (Phi) is 5.63. The molecule has 0 fully saturated rings. The van der Waals surface area contributed by atoms with Gasteiger partial charge in [0.25, 0.3) is 5.91 Å². The molecule has 2 rings (SSSR count). The fraction of sp³-hybridized carbons (Fsp3) is 0.133. The second kappa shape index (κ2) is 7.90. The molecule has 0 radical (unpaired) electrons. The van der Waals surface area contributed by atoms with E-state index >= 15 is 0 Å². The number of thioether (sulfide) groups is 1. The predicted octanol–water partition coefficient (Wildman–Crippen LogP) is 1.92. The van der Waals surface area contributed by atoms with Crippen molar-refractivity contribution >= 4 is 29.3 Å². The fourth-order valence-electron chi connectivity index (χ4n) is 1.58. The van der Waals surface area contributed by atoms with Crippen LogP contribution in [-0.2, 0) is 9.59 Å². The van der Waals surface area contributed by atoms with Gasteiger partial charge >= 0.3 is 0 Å². The largest absolute Gasteiger partial charge is 0.309 e. The van der Waals surface area contributed by atoms with Crippen LogP contribution in [0.15, 0.2) is 53.8 Å². The fourth-order valence-corrected chi connectivity index (χ4v) is 2.37. The zero-order valence-corrected chi connectivity index (χ0v) is 12.3. The highest BCUT2D eigenvalue weighted by molar-refractivity contribution is 8.00. The number of hydrogen-bond acceptors (Lipinski definition) is 6. The molecule has 0 unspecified atom stereocenters. The van der Waals surface area contributed by atoms with Crippen molar-refractivity contribution in [3.63, 3.8) is 0 Å². The zero-order valence-electron chi connectivity index (χ0n) is 11.5. The molecule has 0 aromatic carbocycles. The van der Waals surface area contributed by atoms with E-state index in [1.54, 1.807) is 48.8 Å². The van der Waals surface area contributed by atoms with Crippen molar-refractivity contribution in [3.8, 4) is 6.07 Å². The van der Waals surface area contributed by atoms with Gasteiger partial charge in [0.05, 0.1) is 11.8 Å². The monoisotopic (exact) mass is 312 g/mol. The van der Waals surface area contributed by atoms with E-state index in [-0.39, 0.29) is 5.75 Å². The number of hydrogen-bond donors (Lipinski definition) is 1. The van der Waals surface area contributed by atoms with E-state index < -0.39 is 17.6 Å². The van der Waals surface area contributed by atoms with Crippen LogP contribution in [0.3, 0.4) is 0 Å². The quantitative estimate of drug-likeness (QED) is 0.646. The average molecular weight is 312 g/mol. The van der Waals surface area contributed by atoms with E-state index in [1.165, 1.54) is 18.0 Å². The molecule has 2 heterocycles. The Morgan fingerprint density at radius 2 is 2.00 bits per heavy atom. The topological polar surface area (TPSA) is 95.7 Å². The first-order valence-electron chi connectivity index (χ1n) is 6.38. The highest BCUT2D eigenvalue weighted by Gasteiger charge is 2.26. The Balaban J connectivity index is 1.94. The number of nitrogens with zero attached hydrogens (tertiary/aromatic N) is 3. The van der Waals surface area contributed by atoms with Gasteiger partial charge in [-0.3, -0.25) is 14.6 Å². The Labute approximate surface area is 131 Å². The molecular weight excluding hydrogens is 300 g/mol. The minimum Gasteiger partial charge on any atom is -0.309 e. The highest BCUT2D eigenvalue weighted by atomic mass is 32.2. The average Bonchev–Trinajstić information content (AvgIpc) is 2.55. The van der Waals surface area contributed by atoms with E-state index in [9.17, 15) is 9.59 Å². The molecule has 22 heavy (non-hydrogen) atoms. The summed E-state index contributed by atoms with van der Waals surface area (Å²) in [5.74, 6) is -2.12. The summed E-state index contributed by atoms with van der Waals surface area (Å²) in [5.41, 5.74) is 0. The lowest BCUT2D eigenvalue weighted by atomic mass is 10.1. The molecule has 0 aliphatic carbocycles. The Hall–Kier alpha value is -2.72. The number of carbonyl (C=O) groups is 2. The first-order chi connectivity index (χ1) is 10.7. The summed E-state index contributed by atoms with van der Waals surface area (Å²) < 4.78 is 0. The maximum Gasteiger partial charge on any atom is 0.250 e. The van der Waals surface area contributed by atoms with Crippen LogP contribution in [0.2, 0.25) is 0 Å². The van der Waals surface area contributed by atoms with Crippen molar-refractivity contribution in [3.05, 3.63) is 48.9 Å². The molecule has 2 aromatic heterocycles. The summed E-state index contributed by atoms with van der Waals surface area (Å²) in [5, 5.41) is 11.5. The number of aromatic nitrogens is 2. The second-order valence-corrected chi connectivity index (χ2v) is 5.25. The number of ketones is 1. The van der Waals surface area contributed by atoms with E-state index in [2.05, 4.69) is 15.3 Å². The number of carbonyl (C=O) groups excluding carboxylic acids is 2. The van der Waals surface area contributed by atoms with Crippen molar-refractivity contribution in [2.75, 3.05) is 11.1 Å². The maximum absolute atomic E-state index is 12.0. The predicted molar refractivity (Wildman–Crippen MR) is 81.9 cm³/mol. The highest BCUT2D eigenvalue weighted by Crippen LogP contribution is 2.18. The smallest absolute Gasteiger partial charge is 0.250 e. The van der Waals surface area contributed by atoms with Gasteiger partial charge in [0.2, 0.25) is 0 Å². The van der Waals surface area contributed by atoms with Gasteiger partial charge in [0.15, 0.2) is 11.7 Å². The van der Waals surface area contributed by atoms with Gasteiger partial charge < -0.3 is 5.32 Å². The van der Waals surface area contributed by atoms with Crippen LogP contribution < -0.4 is 5.32 Å². The molecule has 1 atom stereocenters. The molecule has 0 spiro atoms. The Morgan fingerprint density at radius 1 is 1.23 bits per heavy atom. The standard InChI is InChI=1S/C15H12N4O2S/c16-9-12(15(21)19-14-3-1-2-6-18-14)13(20)10-22-11-4-7-17-8-5-11/h1-8,12H,10H2,(H,18,19,21)/t12-/m0/s1. The summed E-state index contributed by atoms with van der Waals surface area (Å²) >= 11 is 1.26. The molecule has 0 saturated heterocycles. The Morgan fingerprint density at radius 3 is 2.64 bits per heavy atom. The van der Waals surface area contributed by atoms with Gasteiger partial charge in [-0.2, -0.15) is 5.26 Å². The molecule has 0 aliphatic heterocycles. The lowest BCUT2D eigenvalue weighted by Gasteiger charge is -2.08. The molecular formula is C15H12N4O2S. The van der Waals surface area contributed by atoms with Crippen LogP contribution in [0.4, 0.5) is 5.82 Å². The van der Waals surface area contributed by atoms with E-state index in [0.29, 0.717) is 5.82 Å². The molecule has 0 saturated carbocycles. The third kappa shape index (κ3) is 4.40. The summed E-state index contributed by atoms with van der Waals surface area (Å²) in [6, 6.07) is 10.2. The first-order valence-corrected chi connectivity index (χ1v) is 7.36. The van der Waals surface area contributed by atoms with E-state index in [0.717, 1.165) is 4.90 Å².